The molecule has 1 saturated carbocycles. The fraction of sp³-hybridized carbons (Fsp3) is 0.812. The molecule has 1 fully saturated rings. The van der Waals surface area contributed by atoms with E-state index in [1.54, 1.807) is 0 Å². The minimum atomic E-state index is 0.0357. The molecule has 1 aliphatic rings. The van der Waals surface area contributed by atoms with Gasteiger partial charge < -0.3 is 10.4 Å². The van der Waals surface area contributed by atoms with Gasteiger partial charge in [-0.3, -0.25) is 4.68 Å². The minimum Gasteiger partial charge on any atom is -0.396 e. The van der Waals surface area contributed by atoms with Gasteiger partial charge in [-0.1, -0.05) is 19.3 Å². The van der Waals surface area contributed by atoms with Crippen LogP contribution >= 0.6 is 0 Å². The standard InChI is InChI=1S/C16H29N3O/c1-15(2,3)19-11-14(10-18-19)9-17-12-16(13-20)7-5-4-6-8-16/h10-11,17,20H,4-9,12-13H2,1-3H3. The molecule has 1 aromatic heterocycles. The van der Waals surface area contributed by atoms with Crippen LogP contribution in [0.1, 0.15) is 58.4 Å². The van der Waals surface area contributed by atoms with Crippen molar-refractivity contribution in [2.24, 2.45) is 5.41 Å². The Morgan fingerprint density at radius 2 is 2.00 bits per heavy atom. The Morgan fingerprint density at radius 3 is 2.55 bits per heavy atom. The molecule has 0 unspecified atom stereocenters. The van der Waals surface area contributed by atoms with E-state index in [-0.39, 0.29) is 11.0 Å². The summed E-state index contributed by atoms with van der Waals surface area (Å²) in [6.45, 7) is 8.50. The summed E-state index contributed by atoms with van der Waals surface area (Å²) < 4.78 is 2.01. The van der Waals surface area contributed by atoms with Gasteiger partial charge in [-0.2, -0.15) is 5.10 Å². The van der Waals surface area contributed by atoms with E-state index in [4.69, 9.17) is 0 Å². The molecular formula is C16H29N3O. The van der Waals surface area contributed by atoms with Crippen molar-refractivity contribution in [3.63, 3.8) is 0 Å². The Balaban J connectivity index is 1.84. The Hall–Kier alpha value is -0.870. The van der Waals surface area contributed by atoms with E-state index in [9.17, 15) is 5.11 Å². The molecule has 2 N–H and O–H groups in total. The quantitative estimate of drug-likeness (QED) is 0.871. The van der Waals surface area contributed by atoms with Crippen molar-refractivity contribution in [3.8, 4) is 0 Å². The monoisotopic (exact) mass is 279 g/mol. The van der Waals surface area contributed by atoms with Crippen molar-refractivity contribution < 1.29 is 5.11 Å². The highest BCUT2D eigenvalue weighted by atomic mass is 16.3. The lowest BCUT2D eigenvalue weighted by Gasteiger charge is -2.35. The lowest BCUT2D eigenvalue weighted by Crippen LogP contribution is -2.38. The number of aliphatic hydroxyl groups excluding tert-OH is 1. The lowest BCUT2D eigenvalue weighted by molar-refractivity contribution is 0.0810. The van der Waals surface area contributed by atoms with Crippen LogP contribution in [0.3, 0.4) is 0 Å². The van der Waals surface area contributed by atoms with Gasteiger partial charge in [-0.05, 0) is 33.6 Å². The van der Waals surface area contributed by atoms with E-state index in [1.165, 1.54) is 24.8 Å². The molecule has 114 valence electrons. The molecule has 0 radical (unpaired) electrons. The molecule has 0 spiro atoms. The molecule has 0 amide bonds. The van der Waals surface area contributed by atoms with E-state index in [0.717, 1.165) is 25.9 Å². The van der Waals surface area contributed by atoms with Crippen molar-refractivity contribution in [2.75, 3.05) is 13.2 Å². The number of hydrogen-bond donors (Lipinski definition) is 2. The van der Waals surface area contributed by atoms with Crippen molar-refractivity contribution in [1.82, 2.24) is 15.1 Å². The fourth-order valence-electron chi connectivity index (χ4n) is 2.98. The molecule has 0 bridgehead atoms. The summed E-state index contributed by atoms with van der Waals surface area (Å²) in [4.78, 5) is 0. The third kappa shape index (κ3) is 3.83. The number of aliphatic hydroxyl groups is 1. The van der Waals surface area contributed by atoms with E-state index in [1.807, 2.05) is 10.9 Å². The average molecular weight is 279 g/mol. The number of nitrogens with one attached hydrogen (secondary N) is 1. The van der Waals surface area contributed by atoms with Gasteiger partial charge in [0.25, 0.3) is 0 Å². The number of nitrogens with zero attached hydrogens (tertiary/aromatic N) is 2. The highest BCUT2D eigenvalue weighted by Crippen LogP contribution is 2.35. The maximum absolute atomic E-state index is 9.69. The molecule has 0 aliphatic heterocycles. The van der Waals surface area contributed by atoms with Crippen LogP contribution < -0.4 is 5.32 Å². The second-order valence-corrected chi connectivity index (χ2v) is 7.29. The summed E-state index contributed by atoms with van der Waals surface area (Å²) in [7, 11) is 0. The van der Waals surface area contributed by atoms with Crippen LogP contribution in [-0.2, 0) is 12.1 Å². The minimum absolute atomic E-state index is 0.0357. The molecule has 20 heavy (non-hydrogen) atoms. The molecule has 1 aliphatic carbocycles. The van der Waals surface area contributed by atoms with Gasteiger partial charge in [0.2, 0.25) is 0 Å². The summed E-state index contributed by atoms with van der Waals surface area (Å²) in [5.41, 5.74) is 1.36. The van der Waals surface area contributed by atoms with E-state index >= 15 is 0 Å². The van der Waals surface area contributed by atoms with E-state index in [2.05, 4.69) is 37.4 Å². The Bertz CT molecular complexity index is 414. The summed E-state index contributed by atoms with van der Waals surface area (Å²) in [6.07, 6.45) is 10.2. The molecule has 1 aromatic rings. The van der Waals surface area contributed by atoms with Crippen LogP contribution in [0.4, 0.5) is 0 Å². The average Bonchev–Trinajstić information content (AvgIpc) is 2.89. The molecule has 0 atom stereocenters. The maximum Gasteiger partial charge on any atom is 0.0543 e. The Kier molecular flexibility index (Phi) is 4.86. The lowest BCUT2D eigenvalue weighted by atomic mass is 9.74. The highest BCUT2D eigenvalue weighted by Gasteiger charge is 2.30. The second-order valence-electron chi connectivity index (χ2n) is 7.29. The summed E-state index contributed by atoms with van der Waals surface area (Å²) in [5, 5.41) is 17.6. The van der Waals surface area contributed by atoms with E-state index in [0.29, 0.717) is 6.61 Å². The first-order valence-electron chi connectivity index (χ1n) is 7.81. The smallest absolute Gasteiger partial charge is 0.0543 e. The van der Waals surface area contributed by atoms with Crippen molar-refractivity contribution >= 4 is 0 Å². The number of rotatable bonds is 5. The van der Waals surface area contributed by atoms with Gasteiger partial charge in [0.15, 0.2) is 0 Å². The zero-order chi connectivity index (χ0) is 14.6. The third-order valence-corrected chi connectivity index (χ3v) is 4.40. The Labute approximate surface area is 122 Å². The zero-order valence-electron chi connectivity index (χ0n) is 13.2. The first kappa shape index (κ1) is 15.5. The first-order chi connectivity index (χ1) is 9.45. The topological polar surface area (TPSA) is 50.1 Å². The zero-order valence-corrected chi connectivity index (χ0v) is 13.2. The molecule has 0 aromatic carbocycles. The molecule has 0 saturated heterocycles. The van der Waals surface area contributed by atoms with Gasteiger partial charge in [0.1, 0.15) is 0 Å². The van der Waals surface area contributed by atoms with Gasteiger partial charge in [-0.15, -0.1) is 0 Å². The predicted octanol–water partition coefficient (Wildman–Crippen LogP) is 2.67. The van der Waals surface area contributed by atoms with Crippen LogP contribution in [0.5, 0.6) is 0 Å². The fourth-order valence-corrected chi connectivity index (χ4v) is 2.98. The van der Waals surface area contributed by atoms with Gasteiger partial charge in [-0.25, -0.2) is 0 Å². The van der Waals surface area contributed by atoms with Crippen LogP contribution in [0.25, 0.3) is 0 Å². The summed E-state index contributed by atoms with van der Waals surface area (Å²) >= 11 is 0. The predicted molar refractivity (Wildman–Crippen MR) is 81.5 cm³/mol. The van der Waals surface area contributed by atoms with Gasteiger partial charge >= 0.3 is 0 Å². The molecule has 4 nitrogen and oxygen atoms in total. The van der Waals surface area contributed by atoms with Crippen LogP contribution in [0.2, 0.25) is 0 Å². The van der Waals surface area contributed by atoms with Gasteiger partial charge in [0.05, 0.1) is 11.7 Å². The molecule has 2 rings (SSSR count). The van der Waals surface area contributed by atoms with E-state index < -0.39 is 0 Å². The summed E-state index contributed by atoms with van der Waals surface area (Å²) in [6, 6.07) is 0. The Morgan fingerprint density at radius 1 is 1.30 bits per heavy atom. The highest BCUT2D eigenvalue weighted by molar-refractivity contribution is 5.05. The molecule has 4 heteroatoms. The SMILES string of the molecule is CC(C)(C)n1cc(CNCC2(CO)CCCCC2)cn1. The third-order valence-electron chi connectivity index (χ3n) is 4.40. The maximum atomic E-state index is 9.69. The van der Waals surface area contributed by atoms with Crippen molar-refractivity contribution in [2.45, 2.75) is 65.0 Å². The van der Waals surface area contributed by atoms with Gasteiger partial charge in [0, 0.05) is 36.9 Å². The normalized spacial score (nSPS) is 19.2. The second kappa shape index (κ2) is 6.27. The van der Waals surface area contributed by atoms with Crippen LogP contribution in [0.15, 0.2) is 12.4 Å². The first-order valence-corrected chi connectivity index (χ1v) is 7.81. The number of hydrogen-bond acceptors (Lipinski definition) is 3. The molecule has 1 heterocycles. The number of aromatic nitrogens is 2. The van der Waals surface area contributed by atoms with Crippen LogP contribution in [-0.4, -0.2) is 28.0 Å². The summed E-state index contributed by atoms with van der Waals surface area (Å²) in [5.74, 6) is 0. The van der Waals surface area contributed by atoms with Crippen LogP contribution in [0, 0.1) is 5.41 Å². The largest absolute Gasteiger partial charge is 0.396 e. The van der Waals surface area contributed by atoms with Crippen molar-refractivity contribution in [3.05, 3.63) is 18.0 Å². The molecular weight excluding hydrogens is 250 g/mol. The van der Waals surface area contributed by atoms with Crippen molar-refractivity contribution in [1.29, 1.82) is 0 Å².